The number of ether oxygens (including phenoxy) is 2. The molecule has 2 bridgehead atoms. The zero-order valence-electron chi connectivity index (χ0n) is 17.2. The molecular weight excluding hydrogens is 398 g/mol. The Morgan fingerprint density at radius 1 is 0.935 bits per heavy atom. The summed E-state index contributed by atoms with van der Waals surface area (Å²) in [4.78, 5) is 43.8. The number of imide groups is 1. The predicted molar refractivity (Wildman–Crippen MR) is 109 cm³/mol. The quantitative estimate of drug-likeness (QED) is 0.528. The third-order valence-electron chi connectivity index (χ3n) is 7.42. The lowest BCUT2D eigenvalue weighted by atomic mass is 9.85. The smallest absolute Gasteiger partial charge is 0.242 e. The standard InChI is InChI=1S/C23H25N3O5/c27-19(12-26-22(28)20-15-2-3-16(10-15)21(20)23(26)29)25-7-5-24(6-8-25)11-14-1-4-17-18(9-14)31-13-30-17/h1-4,9,15-16,20-21H,5-8,10-13H2/t15-,16+,20-,21+. The number of carbonyl (C=O) groups is 3. The minimum absolute atomic E-state index is 0.119. The SMILES string of the molecule is O=C(CN1C(=O)[C@@H]2[C@H](C1=O)[C@@H]1C=C[C@H]2C1)N1CCN(Cc2ccc3c(c2)OCO3)CC1. The summed E-state index contributed by atoms with van der Waals surface area (Å²) in [5.74, 6) is 0.978. The van der Waals surface area contributed by atoms with Crippen LogP contribution in [0.5, 0.6) is 11.5 Å². The maximum atomic E-state index is 12.9. The van der Waals surface area contributed by atoms with Gasteiger partial charge in [0.05, 0.1) is 11.8 Å². The van der Waals surface area contributed by atoms with Crippen LogP contribution in [0.15, 0.2) is 30.4 Å². The van der Waals surface area contributed by atoms with Crippen molar-refractivity contribution in [2.75, 3.05) is 39.5 Å². The Bertz CT molecular complexity index is 953. The van der Waals surface area contributed by atoms with Crippen LogP contribution in [-0.4, -0.2) is 71.9 Å². The van der Waals surface area contributed by atoms with Gasteiger partial charge < -0.3 is 14.4 Å². The monoisotopic (exact) mass is 423 g/mol. The average Bonchev–Trinajstić information content (AvgIpc) is 3.55. The zero-order chi connectivity index (χ0) is 21.1. The highest BCUT2D eigenvalue weighted by Gasteiger charge is 2.59. The Labute approximate surface area is 180 Å². The molecule has 2 saturated heterocycles. The Hall–Kier alpha value is -2.87. The zero-order valence-corrected chi connectivity index (χ0v) is 17.2. The van der Waals surface area contributed by atoms with Gasteiger partial charge in [0.2, 0.25) is 24.5 Å². The van der Waals surface area contributed by atoms with Crippen molar-refractivity contribution in [3.63, 3.8) is 0 Å². The molecule has 8 nitrogen and oxygen atoms in total. The third-order valence-corrected chi connectivity index (χ3v) is 7.42. The predicted octanol–water partition coefficient (Wildman–Crippen LogP) is 0.867. The lowest BCUT2D eigenvalue weighted by Gasteiger charge is -2.35. The molecule has 1 saturated carbocycles. The van der Waals surface area contributed by atoms with E-state index in [2.05, 4.69) is 17.1 Å². The molecular formula is C23H25N3O5. The van der Waals surface area contributed by atoms with Gasteiger partial charge in [-0.2, -0.15) is 0 Å². The summed E-state index contributed by atoms with van der Waals surface area (Å²) in [5, 5.41) is 0. The molecule has 6 rings (SSSR count). The van der Waals surface area contributed by atoms with E-state index in [-0.39, 0.29) is 54.7 Å². The van der Waals surface area contributed by atoms with Gasteiger partial charge in [0.25, 0.3) is 0 Å². The number of amides is 3. The number of hydrogen-bond donors (Lipinski definition) is 0. The fourth-order valence-electron chi connectivity index (χ4n) is 5.81. The summed E-state index contributed by atoms with van der Waals surface area (Å²) >= 11 is 0. The normalized spacial score (nSPS) is 31.1. The first-order chi connectivity index (χ1) is 15.1. The maximum absolute atomic E-state index is 12.9. The summed E-state index contributed by atoms with van der Waals surface area (Å²) in [6, 6.07) is 5.97. The second-order valence-corrected chi connectivity index (χ2v) is 9.11. The lowest BCUT2D eigenvalue weighted by Crippen LogP contribution is -2.51. The van der Waals surface area contributed by atoms with Gasteiger partial charge in [0.15, 0.2) is 11.5 Å². The van der Waals surface area contributed by atoms with Gasteiger partial charge in [-0.25, -0.2) is 0 Å². The summed E-state index contributed by atoms with van der Waals surface area (Å²) in [6.45, 7) is 3.62. The minimum Gasteiger partial charge on any atom is -0.454 e. The summed E-state index contributed by atoms with van der Waals surface area (Å²) in [6.07, 6.45) is 5.04. The van der Waals surface area contributed by atoms with E-state index >= 15 is 0 Å². The van der Waals surface area contributed by atoms with E-state index < -0.39 is 0 Å². The van der Waals surface area contributed by atoms with Crippen molar-refractivity contribution in [3.8, 4) is 11.5 Å². The van der Waals surface area contributed by atoms with Crippen LogP contribution < -0.4 is 9.47 Å². The summed E-state index contributed by atoms with van der Waals surface area (Å²) < 4.78 is 10.8. The molecule has 0 aromatic heterocycles. The molecule has 3 heterocycles. The van der Waals surface area contributed by atoms with Crippen LogP contribution in [-0.2, 0) is 20.9 Å². The molecule has 4 atom stereocenters. The topological polar surface area (TPSA) is 79.4 Å². The number of fused-ring (bicyclic) bond motifs is 6. The number of likely N-dealkylation sites (tertiary alicyclic amines) is 1. The highest BCUT2D eigenvalue weighted by atomic mass is 16.7. The number of rotatable bonds is 4. The number of nitrogens with zero attached hydrogens (tertiary/aromatic N) is 3. The number of allylic oxidation sites excluding steroid dienone is 2. The second-order valence-electron chi connectivity index (χ2n) is 9.11. The molecule has 162 valence electrons. The molecule has 0 spiro atoms. The van der Waals surface area contributed by atoms with Gasteiger partial charge >= 0.3 is 0 Å². The van der Waals surface area contributed by atoms with E-state index in [9.17, 15) is 14.4 Å². The highest BCUT2D eigenvalue weighted by molar-refractivity contribution is 6.08. The van der Waals surface area contributed by atoms with Crippen molar-refractivity contribution in [2.45, 2.75) is 13.0 Å². The molecule has 0 unspecified atom stereocenters. The lowest BCUT2D eigenvalue weighted by molar-refractivity contribution is -0.147. The van der Waals surface area contributed by atoms with Crippen molar-refractivity contribution in [1.82, 2.24) is 14.7 Å². The summed E-state index contributed by atoms with van der Waals surface area (Å²) in [7, 11) is 0. The van der Waals surface area contributed by atoms with Gasteiger partial charge in [-0.1, -0.05) is 18.2 Å². The van der Waals surface area contributed by atoms with Crippen molar-refractivity contribution < 1.29 is 23.9 Å². The van der Waals surface area contributed by atoms with E-state index in [0.29, 0.717) is 13.1 Å². The van der Waals surface area contributed by atoms with Crippen molar-refractivity contribution in [2.24, 2.45) is 23.7 Å². The molecule has 8 heteroatoms. The molecule has 1 aromatic carbocycles. The van der Waals surface area contributed by atoms with Crippen LogP contribution in [0.3, 0.4) is 0 Å². The largest absolute Gasteiger partial charge is 0.454 e. The van der Waals surface area contributed by atoms with Gasteiger partial charge in [-0.3, -0.25) is 24.2 Å². The van der Waals surface area contributed by atoms with E-state index in [0.717, 1.165) is 43.1 Å². The van der Waals surface area contributed by atoms with E-state index in [1.165, 1.54) is 4.90 Å². The molecule has 0 radical (unpaired) electrons. The molecule has 1 aromatic rings. The van der Waals surface area contributed by atoms with Crippen LogP contribution in [0.4, 0.5) is 0 Å². The van der Waals surface area contributed by atoms with Crippen LogP contribution in [0, 0.1) is 23.7 Å². The molecule has 0 N–H and O–H groups in total. The van der Waals surface area contributed by atoms with E-state index in [1.54, 1.807) is 4.90 Å². The summed E-state index contributed by atoms with van der Waals surface area (Å²) in [5.41, 5.74) is 1.15. The number of piperazine rings is 1. The Kier molecular flexibility index (Phi) is 4.31. The fourth-order valence-corrected chi connectivity index (χ4v) is 5.81. The average molecular weight is 423 g/mol. The van der Waals surface area contributed by atoms with Gasteiger partial charge in [0, 0.05) is 32.7 Å². The molecule has 2 aliphatic carbocycles. The van der Waals surface area contributed by atoms with Gasteiger partial charge in [-0.05, 0) is 36.0 Å². The van der Waals surface area contributed by atoms with Crippen LogP contribution in [0.1, 0.15) is 12.0 Å². The highest BCUT2D eigenvalue weighted by Crippen LogP contribution is 2.52. The fraction of sp³-hybridized carbons (Fsp3) is 0.522. The van der Waals surface area contributed by atoms with Gasteiger partial charge in [0.1, 0.15) is 6.54 Å². The Morgan fingerprint density at radius 3 is 2.32 bits per heavy atom. The molecule has 5 aliphatic rings. The van der Waals surface area contributed by atoms with Crippen molar-refractivity contribution in [3.05, 3.63) is 35.9 Å². The first-order valence-electron chi connectivity index (χ1n) is 11.0. The van der Waals surface area contributed by atoms with Crippen molar-refractivity contribution >= 4 is 17.7 Å². The second kappa shape index (κ2) is 7.09. The third kappa shape index (κ3) is 3.04. The first-order valence-corrected chi connectivity index (χ1v) is 11.0. The van der Waals surface area contributed by atoms with E-state index in [4.69, 9.17) is 9.47 Å². The van der Waals surface area contributed by atoms with E-state index in [1.807, 2.05) is 18.2 Å². The van der Waals surface area contributed by atoms with Crippen molar-refractivity contribution in [1.29, 1.82) is 0 Å². The first kappa shape index (κ1) is 18.9. The molecule has 3 aliphatic heterocycles. The minimum atomic E-state index is -0.242. The van der Waals surface area contributed by atoms with Crippen LogP contribution >= 0.6 is 0 Å². The number of carbonyl (C=O) groups excluding carboxylic acids is 3. The Balaban J connectivity index is 1.03. The molecule has 3 amide bonds. The number of benzene rings is 1. The maximum Gasteiger partial charge on any atom is 0.242 e. The number of hydrogen-bond acceptors (Lipinski definition) is 6. The van der Waals surface area contributed by atoms with Gasteiger partial charge in [-0.15, -0.1) is 0 Å². The van der Waals surface area contributed by atoms with Crippen LogP contribution in [0.2, 0.25) is 0 Å². The van der Waals surface area contributed by atoms with Crippen LogP contribution in [0.25, 0.3) is 0 Å². The Morgan fingerprint density at radius 2 is 1.61 bits per heavy atom. The molecule has 31 heavy (non-hydrogen) atoms. The molecule has 3 fully saturated rings.